The maximum absolute atomic E-state index is 4.26. The number of fused-ring (bicyclic) bond motifs is 1. The third-order valence-electron chi connectivity index (χ3n) is 1.98. The van der Waals surface area contributed by atoms with Crippen LogP contribution < -0.4 is 5.32 Å². The van der Waals surface area contributed by atoms with Gasteiger partial charge in [0.25, 0.3) is 0 Å². The molecule has 1 aromatic rings. The van der Waals surface area contributed by atoms with Gasteiger partial charge in [0.05, 0.1) is 12.0 Å². The standard InChI is InChI=1S/C7H11N3.ClH/c1-10-5-9-6-4-8-3-2-7(6)10;/h5,8H,2-4H2,1H3;1H. The lowest BCUT2D eigenvalue weighted by Crippen LogP contribution is -2.24. The molecule has 0 saturated carbocycles. The Labute approximate surface area is 72.2 Å². The third-order valence-corrected chi connectivity index (χ3v) is 1.98. The van der Waals surface area contributed by atoms with Crippen molar-refractivity contribution in [1.29, 1.82) is 0 Å². The molecule has 2 heterocycles. The number of aryl methyl sites for hydroxylation is 1. The molecule has 0 unspecified atom stereocenters. The van der Waals surface area contributed by atoms with Crippen LogP contribution in [0, 0.1) is 0 Å². The summed E-state index contributed by atoms with van der Waals surface area (Å²) in [5.41, 5.74) is 2.60. The Morgan fingerprint density at radius 2 is 2.45 bits per heavy atom. The van der Waals surface area contributed by atoms with E-state index in [1.54, 1.807) is 0 Å². The average molecular weight is 174 g/mol. The summed E-state index contributed by atoms with van der Waals surface area (Å²) in [6, 6.07) is 0. The highest BCUT2D eigenvalue weighted by molar-refractivity contribution is 5.85. The van der Waals surface area contributed by atoms with E-state index in [2.05, 4.69) is 21.9 Å². The summed E-state index contributed by atoms with van der Waals surface area (Å²) in [6.07, 6.45) is 3.00. The Morgan fingerprint density at radius 3 is 3.18 bits per heavy atom. The fourth-order valence-corrected chi connectivity index (χ4v) is 1.39. The van der Waals surface area contributed by atoms with Crippen LogP contribution in [0.3, 0.4) is 0 Å². The van der Waals surface area contributed by atoms with Gasteiger partial charge in [-0.25, -0.2) is 4.98 Å². The smallest absolute Gasteiger partial charge is 0.0949 e. The fraction of sp³-hybridized carbons (Fsp3) is 0.571. The minimum Gasteiger partial charge on any atom is -0.337 e. The van der Waals surface area contributed by atoms with Gasteiger partial charge in [-0.15, -0.1) is 12.4 Å². The molecule has 0 spiro atoms. The molecule has 11 heavy (non-hydrogen) atoms. The second-order valence-electron chi connectivity index (χ2n) is 2.68. The number of hydrogen-bond acceptors (Lipinski definition) is 2. The normalized spacial score (nSPS) is 15.4. The highest BCUT2D eigenvalue weighted by atomic mass is 35.5. The number of nitrogens with zero attached hydrogens (tertiary/aromatic N) is 2. The van der Waals surface area contributed by atoms with Gasteiger partial charge in [-0.1, -0.05) is 0 Å². The minimum absolute atomic E-state index is 0. The molecule has 2 rings (SSSR count). The Balaban J connectivity index is 0.000000605. The highest BCUT2D eigenvalue weighted by Crippen LogP contribution is 2.09. The zero-order valence-corrected chi connectivity index (χ0v) is 7.32. The largest absolute Gasteiger partial charge is 0.337 e. The Morgan fingerprint density at radius 1 is 1.64 bits per heavy atom. The van der Waals surface area contributed by atoms with E-state index in [4.69, 9.17) is 0 Å². The van der Waals surface area contributed by atoms with E-state index in [1.807, 2.05) is 6.33 Å². The maximum atomic E-state index is 4.26. The van der Waals surface area contributed by atoms with Gasteiger partial charge in [0.2, 0.25) is 0 Å². The van der Waals surface area contributed by atoms with Gasteiger partial charge >= 0.3 is 0 Å². The summed E-state index contributed by atoms with van der Waals surface area (Å²) in [6.45, 7) is 2.03. The molecule has 0 amide bonds. The second-order valence-corrected chi connectivity index (χ2v) is 2.68. The molecule has 62 valence electrons. The van der Waals surface area contributed by atoms with Crippen LogP contribution in [0.25, 0.3) is 0 Å². The molecule has 0 atom stereocenters. The van der Waals surface area contributed by atoms with E-state index in [-0.39, 0.29) is 12.4 Å². The van der Waals surface area contributed by atoms with E-state index >= 15 is 0 Å². The van der Waals surface area contributed by atoms with E-state index in [9.17, 15) is 0 Å². The minimum atomic E-state index is 0. The molecule has 0 bridgehead atoms. The van der Waals surface area contributed by atoms with Crippen molar-refractivity contribution in [3.8, 4) is 0 Å². The second kappa shape index (κ2) is 3.24. The van der Waals surface area contributed by atoms with Crippen molar-refractivity contribution in [3.05, 3.63) is 17.7 Å². The van der Waals surface area contributed by atoms with E-state index in [0.717, 1.165) is 19.5 Å². The monoisotopic (exact) mass is 173 g/mol. The molecule has 0 saturated heterocycles. The SMILES string of the molecule is Cl.Cn1cnc2c1CCNC2. The quantitative estimate of drug-likeness (QED) is 0.619. The molecule has 1 N–H and O–H groups in total. The van der Waals surface area contributed by atoms with Gasteiger partial charge in [0.15, 0.2) is 0 Å². The van der Waals surface area contributed by atoms with Crippen molar-refractivity contribution in [2.75, 3.05) is 6.54 Å². The molecule has 1 aliphatic heterocycles. The predicted molar refractivity (Wildman–Crippen MR) is 45.9 cm³/mol. The van der Waals surface area contributed by atoms with Gasteiger partial charge in [-0.2, -0.15) is 0 Å². The molecule has 4 heteroatoms. The van der Waals surface area contributed by atoms with Gasteiger partial charge in [-0.3, -0.25) is 0 Å². The molecule has 3 nitrogen and oxygen atoms in total. The predicted octanol–water partition coefficient (Wildman–Crippen LogP) is 0.488. The molecule has 1 aliphatic rings. The molecule has 1 aromatic heterocycles. The first-order chi connectivity index (χ1) is 4.88. The summed E-state index contributed by atoms with van der Waals surface area (Å²) in [7, 11) is 2.05. The molecule has 0 fully saturated rings. The van der Waals surface area contributed by atoms with Crippen LogP contribution in [-0.2, 0) is 20.0 Å². The Bertz CT molecular complexity index is 244. The van der Waals surface area contributed by atoms with Gasteiger partial charge < -0.3 is 9.88 Å². The molecular weight excluding hydrogens is 162 g/mol. The first-order valence-corrected chi connectivity index (χ1v) is 3.58. The van der Waals surface area contributed by atoms with Crippen molar-refractivity contribution in [1.82, 2.24) is 14.9 Å². The molecule has 0 radical (unpaired) electrons. The van der Waals surface area contributed by atoms with Crippen LogP contribution >= 0.6 is 12.4 Å². The zero-order chi connectivity index (χ0) is 6.97. The summed E-state index contributed by atoms with van der Waals surface area (Å²) in [5, 5.41) is 3.28. The maximum Gasteiger partial charge on any atom is 0.0949 e. The Kier molecular flexibility index (Phi) is 2.52. The topological polar surface area (TPSA) is 29.9 Å². The van der Waals surface area contributed by atoms with Crippen molar-refractivity contribution in [2.45, 2.75) is 13.0 Å². The van der Waals surface area contributed by atoms with Gasteiger partial charge in [0.1, 0.15) is 0 Å². The summed E-state index contributed by atoms with van der Waals surface area (Å²) in [4.78, 5) is 4.26. The van der Waals surface area contributed by atoms with Crippen molar-refractivity contribution in [2.24, 2.45) is 7.05 Å². The van der Waals surface area contributed by atoms with E-state index in [1.165, 1.54) is 11.4 Å². The zero-order valence-electron chi connectivity index (χ0n) is 6.50. The molecular formula is C7H12ClN3. The number of rotatable bonds is 0. The fourth-order valence-electron chi connectivity index (χ4n) is 1.39. The lowest BCUT2D eigenvalue weighted by Gasteiger charge is -2.12. The average Bonchev–Trinajstić information content (AvgIpc) is 2.34. The van der Waals surface area contributed by atoms with Crippen LogP contribution in [0.4, 0.5) is 0 Å². The van der Waals surface area contributed by atoms with Crippen LogP contribution in [0.2, 0.25) is 0 Å². The summed E-state index contributed by atoms with van der Waals surface area (Å²) in [5.74, 6) is 0. The van der Waals surface area contributed by atoms with E-state index < -0.39 is 0 Å². The lowest BCUT2D eigenvalue weighted by atomic mass is 10.2. The first kappa shape index (κ1) is 8.56. The van der Waals surface area contributed by atoms with Gasteiger partial charge in [-0.05, 0) is 0 Å². The van der Waals surface area contributed by atoms with Crippen molar-refractivity contribution >= 4 is 12.4 Å². The van der Waals surface area contributed by atoms with Gasteiger partial charge in [0, 0.05) is 32.3 Å². The first-order valence-electron chi connectivity index (χ1n) is 3.58. The lowest BCUT2D eigenvalue weighted by molar-refractivity contribution is 0.612. The number of aromatic nitrogens is 2. The summed E-state index contributed by atoms with van der Waals surface area (Å²) >= 11 is 0. The van der Waals surface area contributed by atoms with Crippen LogP contribution in [0.15, 0.2) is 6.33 Å². The summed E-state index contributed by atoms with van der Waals surface area (Å²) < 4.78 is 2.11. The molecule has 0 aromatic carbocycles. The number of halogens is 1. The van der Waals surface area contributed by atoms with Crippen LogP contribution in [-0.4, -0.2) is 16.1 Å². The van der Waals surface area contributed by atoms with Crippen LogP contribution in [0.5, 0.6) is 0 Å². The Hall–Kier alpha value is -0.540. The number of hydrogen-bond donors (Lipinski definition) is 1. The van der Waals surface area contributed by atoms with Crippen LogP contribution in [0.1, 0.15) is 11.4 Å². The van der Waals surface area contributed by atoms with Crippen molar-refractivity contribution in [3.63, 3.8) is 0 Å². The third kappa shape index (κ3) is 1.39. The molecule has 0 aliphatic carbocycles. The van der Waals surface area contributed by atoms with Crippen molar-refractivity contribution < 1.29 is 0 Å². The number of imidazole rings is 1. The highest BCUT2D eigenvalue weighted by Gasteiger charge is 2.11. The number of nitrogens with one attached hydrogen (secondary N) is 1. The van der Waals surface area contributed by atoms with E-state index in [0.29, 0.717) is 0 Å².